The fraction of sp³-hybridized carbons (Fsp3) is 0.312. The van der Waals surface area contributed by atoms with Crippen LogP contribution in [0.1, 0.15) is 6.42 Å². The highest BCUT2D eigenvalue weighted by molar-refractivity contribution is 7.17. The average Bonchev–Trinajstić information content (AvgIpc) is 3.10. The van der Waals surface area contributed by atoms with Crippen LogP contribution >= 0.6 is 11.3 Å². The number of amides is 1. The molecular weight excluding hydrogens is 354 g/mol. The number of thiophene rings is 1. The van der Waals surface area contributed by atoms with Crippen molar-refractivity contribution in [2.24, 2.45) is 5.73 Å². The average molecular weight is 371 g/mol. The summed E-state index contributed by atoms with van der Waals surface area (Å²) in [6.45, 7) is 1.73. The number of hydrogen-bond donors (Lipinski definition) is 2. The maximum absolute atomic E-state index is 11.2. The van der Waals surface area contributed by atoms with E-state index < -0.39 is 0 Å². The summed E-state index contributed by atoms with van der Waals surface area (Å²) in [5, 5.41) is 1.98. The molecule has 0 aromatic carbocycles. The van der Waals surface area contributed by atoms with Crippen LogP contribution in [0.2, 0.25) is 0 Å². The molecule has 1 saturated heterocycles. The number of morpholine rings is 1. The Morgan fingerprint density at radius 2 is 2.15 bits per heavy atom. The number of carbonyl (C=O) groups excluding carboxylic acids is 1. The number of aromatic nitrogens is 4. The number of nitrogens with zero attached hydrogens (tertiary/aromatic N) is 5. The van der Waals surface area contributed by atoms with Gasteiger partial charge in [-0.3, -0.25) is 4.79 Å². The highest BCUT2D eigenvalue weighted by atomic mass is 32.1. The normalized spacial score (nSPS) is 17.5. The summed E-state index contributed by atoms with van der Waals surface area (Å²) in [7, 11) is 0. The third-order valence-corrected chi connectivity index (χ3v) is 4.98. The molecule has 26 heavy (non-hydrogen) atoms. The first-order valence-corrected chi connectivity index (χ1v) is 8.96. The molecule has 9 nitrogen and oxygen atoms in total. The maximum atomic E-state index is 11.2. The zero-order valence-electron chi connectivity index (χ0n) is 13.8. The molecule has 3 aromatic heterocycles. The van der Waals surface area contributed by atoms with Crippen molar-refractivity contribution < 1.29 is 9.53 Å². The van der Waals surface area contributed by atoms with E-state index in [-0.39, 0.29) is 24.4 Å². The summed E-state index contributed by atoms with van der Waals surface area (Å²) >= 11 is 1.58. The molecule has 0 aliphatic carbocycles. The molecule has 4 heterocycles. The van der Waals surface area contributed by atoms with Gasteiger partial charge in [-0.1, -0.05) is 0 Å². The number of carbonyl (C=O) groups is 1. The molecule has 4 rings (SSSR count). The molecule has 0 bridgehead atoms. The van der Waals surface area contributed by atoms with Crippen LogP contribution in [0, 0.1) is 0 Å². The van der Waals surface area contributed by atoms with Crippen LogP contribution in [-0.4, -0.2) is 51.6 Å². The first-order chi connectivity index (χ1) is 12.6. The molecule has 1 unspecified atom stereocenters. The smallest absolute Gasteiger partial charge is 0.220 e. The Labute approximate surface area is 153 Å². The number of anilines is 2. The number of rotatable bonds is 4. The molecule has 0 saturated carbocycles. The van der Waals surface area contributed by atoms with E-state index in [9.17, 15) is 4.79 Å². The van der Waals surface area contributed by atoms with Crippen LogP contribution in [0.25, 0.3) is 21.6 Å². The molecular formula is C16H17N7O2S. The minimum Gasteiger partial charge on any atom is -0.374 e. The lowest BCUT2D eigenvalue weighted by atomic mass is 10.2. The lowest BCUT2D eigenvalue weighted by Gasteiger charge is -2.33. The van der Waals surface area contributed by atoms with E-state index in [0.29, 0.717) is 31.1 Å². The van der Waals surface area contributed by atoms with Crippen molar-refractivity contribution in [3.8, 4) is 11.4 Å². The number of fused-ring (bicyclic) bond motifs is 1. The lowest BCUT2D eigenvalue weighted by molar-refractivity contribution is -0.121. The topological polar surface area (TPSA) is 133 Å². The van der Waals surface area contributed by atoms with E-state index in [4.69, 9.17) is 21.2 Å². The Balaban J connectivity index is 1.73. The van der Waals surface area contributed by atoms with Crippen molar-refractivity contribution in [3.05, 3.63) is 23.8 Å². The second-order valence-electron chi connectivity index (χ2n) is 5.94. The van der Waals surface area contributed by atoms with Gasteiger partial charge in [0.25, 0.3) is 0 Å². The highest BCUT2D eigenvalue weighted by Gasteiger charge is 2.25. The van der Waals surface area contributed by atoms with E-state index in [1.807, 2.05) is 11.4 Å². The van der Waals surface area contributed by atoms with Gasteiger partial charge in [-0.05, 0) is 11.4 Å². The van der Waals surface area contributed by atoms with Gasteiger partial charge in [-0.25, -0.2) is 19.9 Å². The first kappa shape index (κ1) is 16.6. The van der Waals surface area contributed by atoms with Crippen molar-refractivity contribution in [3.63, 3.8) is 0 Å². The van der Waals surface area contributed by atoms with Gasteiger partial charge in [0.15, 0.2) is 11.6 Å². The molecule has 3 aromatic rings. The van der Waals surface area contributed by atoms with Crippen LogP contribution < -0.4 is 16.4 Å². The van der Waals surface area contributed by atoms with Gasteiger partial charge in [0.1, 0.15) is 0 Å². The van der Waals surface area contributed by atoms with Crippen molar-refractivity contribution in [1.82, 2.24) is 19.9 Å². The highest BCUT2D eigenvalue weighted by Crippen LogP contribution is 2.32. The molecule has 1 amide bonds. The summed E-state index contributed by atoms with van der Waals surface area (Å²) < 4.78 is 6.64. The molecule has 0 spiro atoms. The fourth-order valence-corrected chi connectivity index (χ4v) is 3.75. The first-order valence-electron chi connectivity index (χ1n) is 8.08. The molecule has 1 aliphatic heterocycles. The van der Waals surface area contributed by atoms with Crippen LogP contribution in [0.4, 0.5) is 11.8 Å². The van der Waals surface area contributed by atoms with Crippen LogP contribution in [0.5, 0.6) is 0 Å². The molecule has 134 valence electrons. The van der Waals surface area contributed by atoms with Crippen LogP contribution in [-0.2, 0) is 9.53 Å². The van der Waals surface area contributed by atoms with Crippen molar-refractivity contribution >= 4 is 39.2 Å². The lowest BCUT2D eigenvalue weighted by Crippen LogP contribution is -2.44. The zero-order chi connectivity index (χ0) is 18.1. The standard InChI is InChI=1S/C16H17N7O2S/c17-12(24)5-10-8-23(2-3-25-10)15-13-11(1-4-26-13)21-14(22-15)9-6-19-16(18)20-7-9/h1,4,6-7,10H,2-3,5,8H2,(H2,17,24)(H2,18,19,20). The number of nitrogens with two attached hydrogens (primary N) is 2. The molecule has 1 fully saturated rings. The van der Waals surface area contributed by atoms with E-state index in [1.165, 1.54) is 0 Å². The number of nitrogen functional groups attached to an aromatic ring is 1. The van der Waals surface area contributed by atoms with E-state index in [0.717, 1.165) is 16.0 Å². The van der Waals surface area contributed by atoms with Gasteiger partial charge in [-0.15, -0.1) is 11.3 Å². The van der Waals surface area contributed by atoms with Gasteiger partial charge in [0.2, 0.25) is 11.9 Å². The zero-order valence-corrected chi connectivity index (χ0v) is 14.6. The quantitative estimate of drug-likeness (QED) is 0.688. The summed E-state index contributed by atoms with van der Waals surface area (Å²) in [5.41, 5.74) is 12.4. The predicted molar refractivity (Wildman–Crippen MR) is 98.6 cm³/mol. The van der Waals surface area contributed by atoms with E-state index in [2.05, 4.69) is 19.9 Å². The largest absolute Gasteiger partial charge is 0.374 e. The monoisotopic (exact) mass is 371 g/mol. The Bertz CT molecular complexity index is 943. The minimum atomic E-state index is -0.375. The van der Waals surface area contributed by atoms with E-state index in [1.54, 1.807) is 23.7 Å². The summed E-state index contributed by atoms with van der Waals surface area (Å²) in [4.78, 5) is 30.7. The predicted octanol–water partition coefficient (Wildman–Crippen LogP) is 0.811. The van der Waals surface area contributed by atoms with Gasteiger partial charge < -0.3 is 21.1 Å². The summed E-state index contributed by atoms with van der Waals surface area (Å²) in [6.07, 6.45) is 3.16. The van der Waals surface area contributed by atoms with Crippen molar-refractivity contribution in [1.29, 1.82) is 0 Å². The second-order valence-corrected chi connectivity index (χ2v) is 6.86. The van der Waals surface area contributed by atoms with Crippen LogP contribution in [0.15, 0.2) is 23.8 Å². The van der Waals surface area contributed by atoms with Crippen molar-refractivity contribution in [2.75, 3.05) is 30.3 Å². The number of primary amides is 1. The SMILES string of the molecule is NC(=O)CC1CN(c2nc(-c3cnc(N)nc3)nc3ccsc23)CCO1. The number of hydrogen-bond acceptors (Lipinski definition) is 9. The summed E-state index contributed by atoms with van der Waals surface area (Å²) in [6, 6.07) is 1.95. The van der Waals surface area contributed by atoms with Gasteiger partial charge in [0, 0.05) is 25.5 Å². The van der Waals surface area contributed by atoms with Gasteiger partial charge in [0.05, 0.1) is 34.9 Å². The number of ether oxygens (including phenoxy) is 1. The van der Waals surface area contributed by atoms with Crippen LogP contribution in [0.3, 0.4) is 0 Å². The van der Waals surface area contributed by atoms with Gasteiger partial charge >= 0.3 is 0 Å². The molecule has 1 atom stereocenters. The third kappa shape index (κ3) is 3.28. The maximum Gasteiger partial charge on any atom is 0.220 e. The molecule has 1 aliphatic rings. The Morgan fingerprint density at radius 3 is 2.92 bits per heavy atom. The molecule has 0 radical (unpaired) electrons. The van der Waals surface area contributed by atoms with Gasteiger partial charge in [-0.2, -0.15) is 0 Å². The minimum absolute atomic E-state index is 0.188. The van der Waals surface area contributed by atoms with E-state index >= 15 is 0 Å². The fourth-order valence-electron chi connectivity index (χ4n) is 2.90. The molecule has 4 N–H and O–H groups in total. The second kappa shape index (κ2) is 6.81. The Hall–Kier alpha value is -2.85. The molecule has 10 heteroatoms. The third-order valence-electron chi connectivity index (χ3n) is 4.08. The van der Waals surface area contributed by atoms with Crippen molar-refractivity contribution in [2.45, 2.75) is 12.5 Å². The Kier molecular flexibility index (Phi) is 4.35. The summed E-state index contributed by atoms with van der Waals surface area (Å²) in [5.74, 6) is 1.17. The Morgan fingerprint density at radius 1 is 1.35 bits per heavy atom.